The maximum absolute atomic E-state index is 8.76. The van der Waals surface area contributed by atoms with Gasteiger partial charge in [-0.2, -0.15) is 0 Å². The Morgan fingerprint density at radius 1 is 0.647 bits per heavy atom. The highest BCUT2D eigenvalue weighted by atomic mass is 16.2. The molecular weight excluding hydrogens is 210 g/mol. The largest absolute Gasteiger partial charge is 0.396 e. The Morgan fingerprint density at radius 3 is 1.53 bits per heavy atom. The van der Waals surface area contributed by atoms with E-state index in [1.54, 1.807) is 0 Å². The third kappa shape index (κ3) is 12.2. The van der Waals surface area contributed by atoms with Crippen molar-refractivity contribution in [1.82, 2.24) is 4.90 Å². The molecule has 17 heavy (non-hydrogen) atoms. The van der Waals surface area contributed by atoms with Gasteiger partial charge < -0.3 is 10.0 Å². The van der Waals surface area contributed by atoms with Gasteiger partial charge in [0.05, 0.1) is 0 Å². The van der Waals surface area contributed by atoms with Crippen molar-refractivity contribution in [3.63, 3.8) is 0 Å². The summed E-state index contributed by atoms with van der Waals surface area (Å²) in [6.07, 6.45) is 11.4. The zero-order chi connectivity index (χ0) is 12.8. The van der Waals surface area contributed by atoms with E-state index in [0.717, 1.165) is 6.42 Å². The summed E-state index contributed by atoms with van der Waals surface area (Å²) >= 11 is 0. The molecule has 104 valence electrons. The van der Waals surface area contributed by atoms with Crippen LogP contribution in [-0.2, 0) is 0 Å². The number of unbranched alkanes of at least 4 members (excludes halogenated alkanes) is 6. The van der Waals surface area contributed by atoms with Gasteiger partial charge in [-0.05, 0) is 51.7 Å². The summed E-state index contributed by atoms with van der Waals surface area (Å²) in [7, 11) is 0. The molecule has 0 spiro atoms. The predicted octanol–water partition coefficient (Wildman–Crippen LogP) is 3.83. The molecule has 0 unspecified atom stereocenters. The number of nitrogens with zero attached hydrogens (tertiary/aromatic N) is 1. The molecule has 0 radical (unpaired) electrons. The molecule has 0 saturated carbocycles. The van der Waals surface area contributed by atoms with Gasteiger partial charge in [-0.25, -0.2) is 0 Å². The zero-order valence-corrected chi connectivity index (χ0v) is 12.1. The highest BCUT2D eigenvalue weighted by Gasteiger charge is 2.03. The van der Waals surface area contributed by atoms with Crippen LogP contribution in [0.25, 0.3) is 0 Å². The topological polar surface area (TPSA) is 23.5 Å². The maximum Gasteiger partial charge on any atom is 0.0431 e. The minimum atomic E-state index is 0.353. The molecule has 0 atom stereocenters. The molecule has 0 aliphatic rings. The number of hydrogen-bond donors (Lipinski definition) is 1. The average Bonchev–Trinajstić information content (AvgIpc) is 2.34. The van der Waals surface area contributed by atoms with Gasteiger partial charge in [0.1, 0.15) is 0 Å². The summed E-state index contributed by atoms with van der Waals surface area (Å²) in [4.78, 5) is 2.63. The molecule has 0 amide bonds. The molecule has 0 heterocycles. The molecule has 0 fully saturated rings. The molecule has 0 aliphatic carbocycles. The monoisotopic (exact) mass is 243 g/mol. The van der Waals surface area contributed by atoms with E-state index in [0.29, 0.717) is 6.61 Å². The first-order valence-corrected chi connectivity index (χ1v) is 7.68. The van der Waals surface area contributed by atoms with E-state index in [1.807, 2.05) is 0 Å². The summed E-state index contributed by atoms with van der Waals surface area (Å²) in [6, 6.07) is 0. The average molecular weight is 243 g/mol. The van der Waals surface area contributed by atoms with Crippen LogP contribution in [0.2, 0.25) is 0 Å². The van der Waals surface area contributed by atoms with Crippen molar-refractivity contribution in [3.05, 3.63) is 0 Å². The van der Waals surface area contributed by atoms with Gasteiger partial charge in [0, 0.05) is 6.61 Å². The minimum Gasteiger partial charge on any atom is -0.396 e. The van der Waals surface area contributed by atoms with E-state index in [1.165, 1.54) is 71.0 Å². The van der Waals surface area contributed by atoms with Crippen LogP contribution in [0, 0.1) is 0 Å². The van der Waals surface area contributed by atoms with Crippen LogP contribution in [-0.4, -0.2) is 36.2 Å². The SMILES string of the molecule is CCCCCN(CCCCC)CCCCCO. The van der Waals surface area contributed by atoms with Crippen LogP contribution < -0.4 is 0 Å². The molecule has 2 heteroatoms. The molecule has 0 aromatic rings. The Bertz CT molecular complexity index is 129. The van der Waals surface area contributed by atoms with Gasteiger partial charge in [0.2, 0.25) is 0 Å². The summed E-state index contributed by atoms with van der Waals surface area (Å²) in [6.45, 7) is 8.66. The quantitative estimate of drug-likeness (QED) is 0.497. The van der Waals surface area contributed by atoms with Crippen molar-refractivity contribution in [1.29, 1.82) is 0 Å². The summed E-state index contributed by atoms with van der Waals surface area (Å²) < 4.78 is 0. The van der Waals surface area contributed by atoms with E-state index in [4.69, 9.17) is 5.11 Å². The second kappa shape index (κ2) is 14.0. The van der Waals surface area contributed by atoms with Crippen LogP contribution in [0.1, 0.15) is 71.6 Å². The molecule has 0 aliphatic heterocycles. The molecule has 0 aromatic carbocycles. The highest BCUT2D eigenvalue weighted by Crippen LogP contribution is 2.05. The Balaban J connectivity index is 3.60. The fourth-order valence-corrected chi connectivity index (χ4v) is 2.13. The lowest BCUT2D eigenvalue weighted by atomic mass is 10.2. The Labute approximate surface area is 108 Å². The van der Waals surface area contributed by atoms with E-state index < -0.39 is 0 Å². The fraction of sp³-hybridized carbons (Fsp3) is 1.00. The number of hydrogen-bond acceptors (Lipinski definition) is 2. The van der Waals surface area contributed by atoms with Crippen molar-refractivity contribution < 1.29 is 5.11 Å². The molecule has 1 N–H and O–H groups in total. The number of rotatable bonds is 13. The van der Waals surface area contributed by atoms with Crippen LogP contribution >= 0.6 is 0 Å². The van der Waals surface area contributed by atoms with Crippen molar-refractivity contribution >= 4 is 0 Å². The third-order valence-corrected chi connectivity index (χ3v) is 3.29. The Hall–Kier alpha value is -0.0800. The maximum atomic E-state index is 8.76. The summed E-state index contributed by atoms with van der Waals surface area (Å²) in [5, 5.41) is 8.76. The van der Waals surface area contributed by atoms with Gasteiger partial charge in [-0.1, -0.05) is 39.5 Å². The Kier molecular flexibility index (Phi) is 13.9. The van der Waals surface area contributed by atoms with Crippen molar-refractivity contribution in [2.75, 3.05) is 26.2 Å². The van der Waals surface area contributed by atoms with Crippen molar-refractivity contribution in [2.24, 2.45) is 0 Å². The van der Waals surface area contributed by atoms with Crippen molar-refractivity contribution in [2.45, 2.75) is 71.6 Å². The van der Waals surface area contributed by atoms with E-state index in [-0.39, 0.29) is 0 Å². The van der Waals surface area contributed by atoms with Crippen LogP contribution in [0.3, 0.4) is 0 Å². The first kappa shape index (κ1) is 16.9. The number of aliphatic hydroxyl groups is 1. The second-order valence-corrected chi connectivity index (χ2v) is 5.04. The molecule has 2 nitrogen and oxygen atoms in total. The Morgan fingerprint density at radius 2 is 1.12 bits per heavy atom. The summed E-state index contributed by atoms with van der Waals surface area (Å²) in [5.41, 5.74) is 0. The minimum absolute atomic E-state index is 0.353. The highest BCUT2D eigenvalue weighted by molar-refractivity contribution is 4.59. The lowest BCUT2D eigenvalue weighted by Gasteiger charge is -2.22. The fourth-order valence-electron chi connectivity index (χ4n) is 2.13. The van der Waals surface area contributed by atoms with Crippen LogP contribution in [0.5, 0.6) is 0 Å². The second-order valence-electron chi connectivity index (χ2n) is 5.04. The molecule has 0 rings (SSSR count). The molecule has 0 bridgehead atoms. The van der Waals surface area contributed by atoms with Crippen molar-refractivity contribution in [3.8, 4) is 0 Å². The first-order chi connectivity index (χ1) is 8.35. The van der Waals surface area contributed by atoms with Gasteiger partial charge in [0.15, 0.2) is 0 Å². The summed E-state index contributed by atoms with van der Waals surface area (Å²) in [5.74, 6) is 0. The number of aliphatic hydroxyl groups excluding tert-OH is 1. The van der Waals surface area contributed by atoms with Gasteiger partial charge in [-0.3, -0.25) is 0 Å². The van der Waals surface area contributed by atoms with E-state index in [9.17, 15) is 0 Å². The molecule has 0 saturated heterocycles. The van der Waals surface area contributed by atoms with Gasteiger partial charge >= 0.3 is 0 Å². The van der Waals surface area contributed by atoms with Crippen LogP contribution in [0.4, 0.5) is 0 Å². The standard InChI is InChI=1S/C15H33NO/c1-3-5-8-12-16(13-9-6-4-2)14-10-7-11-15-17/h17H,3-15H2,1-2H3. The smallest absolute Gasteiger partial charge is 0.0431 e. The van der Waals surface area contributed by atoms with Gasteiger partial charge in [0.25, 0.3) is 0 Å². The van der Waals surface area contributed by atoms with Gasteiger partial charge in [-0.15, -0.1) is 0 Å². The first-order valence-electron chi connectivity index (χ1n) is 7.68. The van der Waals surface area contributed by atoms with Crippen LogP contribution in [0.15, 0.2) is 0 Å². The lowest BCUT2D eigenvalue weighted by Crippen LogP contribution is -2.27. The predicted molar refractivity (Wildman–Crippen MR) is 76.4 cm³/mol. The van der Waals surface area contributed by atoms with E-state index >= 15 is 0 Å². The normalized spacial score (nSPS) is 11.3. The lowest BCUT2D eigenvalue weighted by molar-refractivity contribution is 0.245. The third-order valence-electron chi connectivity index (χ3n) is 3.29. The molecule has 0 aromatic heterocycles. The zero-order valence-electron chi connectivity index (χ0n) is 12.1. The van der Waals surface area contributed by atoms with E-state index in [2.05, 4.69) is 18.7 Å². The molecular formula is C15H33NO.